The number of furan rings is 1. The number of nitrogens with one attached hydrogen (secondary N) is 1. The first-order valence-corrected chi connectivity index (χ1v) is 10.2. The van der Waals surface area contributed by atoms with Gasteiger partial charge in [-0.25, -0.2) is 4.68 Å². The fraction of sp³-hybridized carbons (Fsp3) is 0.304. The van der Waals surface area contributed by atoms with Crippen molar-refractivity contribution in [3.63, 3.8) is 0 Å². The van der Waals surface area contributed by atoms with E-state index in [0.29, 0.717) is 36.3 Å². The SMILES string of the molecule is CC(C)(C)c1ccc(Cn2nccc2NC(=O)CCc2nc(-c3ccco3)no2)cc1. The lowest BCUT2D eigenvalue weighted by Crippen LogP contribution is -2.16. The Hall–Kier alpha value is -3.68. The van der Waals surface area contributed by atoms with Crippen molar-refractivity contribution in [2.24, 2.45) is 0 Å². The first kappa shape index (κ1) is 20.6. The Kier molecular flexibility index (Phi) is 5.70. The first-order valence-electron chi connectivity index (χ1n) is 10.2. The van der Waals surface area contributed by atoms with E-state index in [1.807, 2.05) is 0 Å². The van der Waals surface area contributed by atoms with E-state index in [1.54, 1.807) is 35.3 Å². The summed E-state index contributed by atoms with van der Waals surface area (Å²) in [7, 11) is 0. The van der Waals surface area contributed by atoms with Crippen molar-refractivity contribution in [2.45, 2.75) is 45.6 Å². The van der Waals surface area contributed by atoms with Gasteiger partial charge in [-0.15, -0.1) is 0 Å². The van der Waals surface area contributed by atoms with Crippen LogP contribution in [0.1, 0.15) is 44.2 Å². The maximum Gasteiger partial charge on any atom is 0.238 e. The van der Waals surface area contributed by atoms with Gasteiger partial charge in [-0.05, 0) is 28.7 Å². The Morgan fingerprint density at radius 2 is 1.94 bits per heavy atom. The van der Waals surface area contributed by atoms with Crippen LogP contribution in [0.2, 0.25) is 0 Å². The number of amides is 1. The topological polar surface area (TPSA) is 99.0 Å². The number of rotatable bonds is 7. The van der Waals surface area contributed by atoms with E-state index in [2.05, 4.69) is 65.6 Å². The van der Waals surface area contributed by atoms with Crippen molar-refractivity contribution in [1.29, 1.82) is 0 Å². The molecule has 0 saturated carbocycles. The molecule has 31 heavy (non-hydrogen) atoms. The molecule has 1 N–H and O–H groups in total. The average Bonchev–Trinajstić information content (AvgIpc) is 3.49. The minimum Gasteiger partial charge on any atom is -0.461 e. The third kappa shape index (κ3) is 5.09. The fourth-order valence-corrected chi connectivity index (χ4v) is 3.14. The molecule has 8 heteroatoms. The summed E-state index contributed by atoms with van der Waals surface area (Å²) in [6.07, 6.45) is 3.76. The van der Waals surface area contributed by atoms with Gasteiger partial charge in [-0.3, -0.25) is 4.79 Å². The van der Waals surface area contributed by atoms with Crippen LogP contribution in [0, 0.1) is 0 Å². The van der Waals surface area contributed by atoms with E-state index in [0.717, 1.165) is 5.56 Å². The largest absolute Gasteiger partial charge is 0.461 e. The van der Waals surface area contributed by atoms with E-state index in [1.165, 1.54) is 5.56 Å². The molecule has 0 saturated heterocycles. The number of hydrogen-bond acceptors (Lipinski definition) is 6. The van der Waals surface area contributed by atoms with Gasteiger partial charge < -0.3 is 14.3 Å². The van der Waals surface area contributed by atoms with Gasteiger partial charge in [0.1, 0.15) is 5.82 Å². The second-order valence-electron chi connectivity index (χ2n) is 8.36. The Labute approximate surface area is 180 Å². The lowest BCUT2D eigenvalue weighted by Gasteiger charge is -2.19. The van der Waals surface area contributed by atoms with Gasteiger partial charge in [-0.1, -0.05) is 50.2 Å². The molecule has 8 nitrogen and oxygen atoms in total. The number of aryl methyl sites for hydroxylation is 1. The number of nitrogens with zero attached hydrogens (tertiary/aromatic N) is 4. The lowest BCUT2D eigenvalue weighted by atomic mass is 9.87. The molecule has 1 amide bonds. The number of carbonyl (C=O) groups is 1. The summed E-state index contributed by atoms with van der Waals surface area (Å²) in [5.41, 5.74) is 2.51. The van der Waals surface area contributed by atoms with E-state index in [-0.39, 0.29) is 17.7 Å². The molecular formula is C23H25N5O3. The molecule has 0 aliphatic heterocycles. The molecule has 4 rings (SSSR count). The highest BCUT2D eigenvalue weighted by atomic mass is 16.5. The highest BCUT2D eigenvalue weighted by Gasteiger charge is 2.15. The molecule has 0 aliphatic carbocycles. The zero-order valence-electron chi connectivity index (χ0n) is 17.8. The fourth-order valence-electron chi connectivity index (χ4n) is 3.14. The van der Waals surface area contributed by atoms with Crippen molar-refractivity contribution < 1.29 is 13.7 Å². The highest BCUT2D eigenvalue weighted by Crippen LogP contribution is 2.23. The van der Waals surface area contributed by atoms with Gasteiger partial charge >= 0.3 is 0 Å². The van der Waals surface area contributed by atoms with Crippen molar-refractivity contribution in [3.8, 4) is 11.6 Å². The predicted octanol–water partition coefficient (Wildman–Crippen LogP) is 4.44. The summed E-state index contributed by atoms with van der Waals surface area (Å²) in [4.78, 5) is 16.7. The van der Waals surface area contributed by atoms with E-state index < -0.39 is 0 Å². The quantitative estimate of drug-likeness (QED) is 0.475. The zero-order chi connectivity index (χ0) is 21.8. The van der Waals surface area contributed by atoms with Crippen LogP contribution in [0.5, 0.6) is 0 Å². The monoisotopic (exact) mass is 419 g/mol. The van der Waals surface area contributed by atoms with Crippen LogP contribution in [0.4, 0.5) is 5.82 Å². The Balaban J connectivity index is 1.33. The molecule has 3 heterocycles. The summed E-state index contributed by atoms with van der Waals surface area (Å²) < 4.78 is 12.2. The molecule has 4 aromatic rings. The molecule has 0 atom stereocenters. The van der Waals surface area contributed by atoms with Crippen LogP contribution in [0.15, 0.2) is 63.9 Å². The van der Waals surface area contributed by atoms with E-state index >= 15 is 0 Å². The highest BCUT2D eigenvalue weighted by molar-refractivity contribution is 5.89. The number of benzene rings is 1. The van der Waals surface area contributed by atoms with Gasteiger partial charge in [-0.2, -0.15) is 10.1 Å². The normalized spacial score (nSPS) is 11.6. The van der Waals surface area contributed by atoms with Crippen LogP contribution in [-0.2, 0) is 23.2 Å². The smallest absolute Gasteiger partial charge is 0.238 e. The van der Waals surface area contributed by atoms with Crippen molar-refractivity contribution in [1.82, 2.24) is 19.9 Å². The molecule has 0 fully saturated rings. The number of hydrogen-bond donors (Lipinski definition) is 1. The molecule has 1 aromatic carbocycles. The minimum absolute atomic E-state index is 0.112. The lowest BCUT2D eigenvalue weighted by molar-refractivity contribution is -0.116. The molecule has 0 spiro atoms. The van der Waals surface area contributed by atoms with Crippen LogP contribution < -0.4 is 5.32 Å². The van der Waals surface area contributed by atoms with Gasteiger partial charge in [0.15, 0.2) is 5.76 Å². The number of anilines is 1. The van der Waals surface area contributed by atoms with Crippen LogP contribution in [0.3, 0.4) is 0 Å². The molecule has 0 radical (unpaired) electrons. The van der Waals surface area contributed by atoms with Crippen molar-refractivity contribution in [2.75, 3.05) is 5.32 Å². The van der Waals surface area contributed by atoms with Gasteiger partial charge in [0.05, 0.1) is 19.0 Å². The predicted molar refractivity (Wildman–Crippen MR) is 115 cm³/mol. The van der Waals surface area contributed by atoms with Gasteiger partial charge in [0.25, 0.3) is 0 Å². The maximum absolute atomic E-state index is 12.4. The molecule has 0 aliphatic rings. The summed E-state index contributed by atoms with van der Waals surface area (Å²) in [6.45, 7) is 7.14. The molecule has 0 bridgehead atoms. The minimum atomic E-state index is -0.150. The average molecular weight is 419 g/mol. The third-order valence-electron chi connectivity index (χ3n) is 4.91. The summed E-state index contributed by atoms with van der Waals surface area (Å²) >= 11 is 0. The van der Waals surface area contributed by atoms with Crippen molar-refractivity contribution >= 4 is 11.7 Å². The number of carbonyl (C=O) groups excluding carboxylic acids is 1. The van der Waals surface area contributed by atoms with E-state index in [4.69, 9.17) is 8.94 Å². The first-order chi connectivity index (χ1) is 14.9. The second kappa shape index (κ2) is 8.59. The van der Waals surface area contributed by atoms with Gasteiger partial charge in [0.2, 0.25) is 17.6 Å². The maximum atomic E-state index is 12.4. The van der Waals surface area contributed by atoms with Crippen molar-refractivity contribution in [3.05, 3.63) is 71.9 Å². The van der Waals surface area contributed by atoms with Crippen LogP contribution in [0.25, 0.3) is 11.6 Å². The van der Waals surface area contributed by atoms with Gasteiger partial charge in [0, 0.05) is 18.9 Å². The third-order valence-corrected chi connectivity index (χ3v) is 4.91. The second-order valence-corrected chi connectivity index (χ2v) is 8.36. The standard InChI is InChI=1S/C23H25N5O3/c1-23(2,3)17-8-6-16(7-9-17)15-28-19(12-13-24-28)25-20(29)10-11-21-26-22(27-31-21)18-5-4-14-30-18/h4-9,12-14H,10-11,15H2,1-3H3,(H,25,29). The number of aromatic nitrogens is 4. The summed E-state index contributed by atoms with van der Waals surface area (Å²) in [5.74, 6) is 1.78. The summed E-state index contributed by atoms with van der Waals surface area (Å²) in [5, 5.41) is 11.1. The Bertz CT molecular complexity index is 1130. The Morgan fingerprint density at radius 1 is 1.13 bits per heavy atom. The zero-order valence-corrected chi connectivity index (χ0v) is 17.8. The Morgan fingerprint density at radius 3 is 2.65 bits per heavy atom. The van der Waals surface area contributed by atoms with E-state index in [9.17, 15) is 4.79 Å². The molecular weight excluding hydrogens is 394 g/mol. The molecule has 3 aromatic heterocycles. The summed E-state index contributed by atoms with van der Waals surface area (Å²) in [6, 6.07) is 13.8. The molecule has 160 valence electrons. The van der Waals surface area contributed by atoms with Crippen LogP contribution in [-0.4, -0.2) is 25.8 Å². The van der Waals surface area contributed by atoms with Crippen LogP contribution >= 0.6 is 0 Å². The molecule has 0 unspecified atom stereocenters.